The molecule has 2 atom stereocenters. The molecule has 0 saturated carbocycles. The number of benzene rings is 1. The summed E-state index contributed by atoms with van der Waals surface area (Å²) in [6, 6.07) is 8.15. The maximum absolute atomic E-state index is 10.1. The molecule has 3 nitrogen and oxygen atoms in total. The van der Waals surface area contributed by atoms with Crippen LogP contribution < -0.4 is 4.90 Å². The average molecular weight is 263 g/mol. The summed E-state index contributed by atoms with van der Waals surface area (Å²) in [6.07, 6.45) is 2.78. The highest BCUT2D eigenvalue weighted by molar-refractivity contribution is 5.54. The average Bonchev–Trinajstić information content (AvgIpc) is 2.47. The molecule has 0 aromatic heterocycles. The standard InChI is InChI=1S/C16H25NO2/c1-3-16(18)14-8-4-5-9-15(14)17(2)11-13-7-6-10-19-12-13/h4-5,8-9,13,16,18H,3,6-7,10-12H2,1-2H3. The van der Waals surface area contributed by atoms with Crippen LogP contribution in [0.25, 0.3) is 0 Å². The first kappa shape index (κ1) is 14.4. The van der Waals surface area contributed by atoms with Crippen molar-refractivity contribution in [3.05, 3.63) is 29.8 Å². The van der Waals surface area contributed by atoms with Crippen molar-refractivity contribution in [1.29, 1.82) is 0 Å². The van der Waals surface area contributed by atoms with Crippen LogP contribution in [-0.2, 0) is 4.74 Å². The summed E-state index contributed by atoms with van der Waals surface area (Å²) in [7, 11) is 2.11. The van der Waals surface area contributed by atoms with Crippen LogP contribution in [0.15, 0.2) is 24.3 Å². The molecular weight excluding hydrogens is 238 g/mol. The largest absolute Gasteiger partial charge is 0.388 e. The van der Waals surface area contributed by atoms with Gasteiger partial charge in [0.05, 0.1) is 12.7 Å². The monoisotopic (exact) mass is 263 g/mol. The van der Waals surface area contributed by atoms with Crippen molar-refractivity contribution in [3.8, 4) is 0 Å². The minimum atomic E-state index is -0.374. The van der Waals surface area contributed by atoms with Gasteiger partial charge in [-0.25, -0.2) is 0 Å². The summed E-state index contributed by atoms with van der Waals surface area (Å²) in [5.41, 5.74) is 2.17. The second-order valence-electron chi connectivity index (χ2n) is 5.45. The van der Waals surface area contributed by atoms with Crippen LogP contribution in [0.4, 0.5) is 5.69 Å². The number of para-hydroxylation sites is 1. The Morgan fingerprint density at radius 2 is 2.21 bits per heavy atom. The molecule has 1 fully saturated rings. The quantitative estimate of drug-likeness (QED) is 0.886. The summed E-state index contributed by atoms with van der Waals surface area (Å²) in [5.74, 6) is 0.602. The third-order valence-corrected chi connectivity index (χ3v) is 3.88. The van der Waals surface area contributed by atoms with Crippen molar-refractivity contribution in [1.82, 2.24) is 0 Å². The molecule has 0 bridgehead atoms. The number of ether oxygens (including phenoxy) is 1. The molecule has 1 heterocycles. The fourth-order valence-electron chi connectivity index (χ4n) is 2.77. The Labute approximate surface area is 116 Å². The van der Waals surface area contributed by atoms with Crippen molar-refractivity contribution in [2.45, 2.75) is 32.3 Å². The first-order valence-corrected chi connectivity index (χ1v) is 7.28. The molecule has 2 unspecified atom stereocenters. The molecule has 3 heteroatoms. The summed E-state index contributed by atoms with van der Waals surface area (Å²) >= 11 is 0. The number of hydrogen-bond acceptors (Lipinski definition) is 3. The van der Waals surface area contributed by atoms with E-state index in [4.69, 9.17) is 4.74 Å². The highest BCUT2D eigenvalue weighted by atomic mass is 16.5. The van der Waals surface area contributed by atoms with Gasteiger partial charge in [0.15, 0.2) is 0 Å². The van der Waals surface area contributed by atoms with Crippen LogP contribution in [0.3, 0.4) is 0 Å². The summed E-state index contributed by atoms with van der Waals surface area (Å²) in [6.45, 7) is 4.78. The number of nitrogens with zero attached hydrogens (tertiary/aromatic N) is 1. The molecular formula is C16H25NO2. The predicted molar refractivity (Wildman–Crippen MR) is 78.5 cm³/mol. The van der Waals surface area contributed by atoms with Crippen LogP contribution >= 0.6 is 0 Å². The molecule has 1 aromatic rings. The third-order valence-electron chi connectivity index (χ3n) is 3.88. The van der Waals surface area contributed by atoms with Gasteiger partial charge >= 0.3 is 0 Å². The molecule has 0 spiro atoms. The summed E-state index contributed by atoms with van der Waals surface area (Å²) < 4.78 is 5.54. The number of anilines is 1. The predicted octanol–water partition coefficient (Wildman–Crippen LogP) is 2.99. The maximum Gasteiger partial charge on any atom is 0.0807 e. The van der Waals surface area contributed by atoms with Crippen molar-refractivity contribution >= 4 is 5.69 Å². The van der Waals surface area contributed by atoms with E-state index in [9.17, 15) is 5.11 Å². The van der Waals surface area contributed by atoms with E-state index in [1.54, 1.807) is 0 Å². The van der Waals surface area contributed by atoms with Gasteiger partial charge in [-0.05, 0) is 31.2 Å². The first-order chi connectivity index (χ1) is 9.22. The smallest absolute Gasteiger partial charge is 0.0807 e. The van der Waals surface area contributed by atoms with Gasteiger partial charge < -0.3 is 14.7 Å². The lowest BCUT2D eigenvalue weighted by Gasteiger charge is -2.30. The Bertz CT molecular complexity index is 388. The SMILES string of the molecule is CCC(O)c1ccccc1N(C)CC1CCCOC1. The van der Waals surface area contributed by atoms with Crippen molar-refractivity contribution in [2.75, 3.05) is 31.7 Å². The topological polar surface area (TPSA) is 32.7 Å². The number of rotatable bonds is 5. The van der Waals surface area contributed by atoms with Gasteiger partial charge in [0.2, 0.25) is 0 Å². The highest BCUT2D eigenvalue weighted by Crippen LogP contribution is 2.28. The van der Waals surface area contributed by atoms with E-state index >= 15 is 0 Å². The van der Waals surface area contributed by atoms with Crippen LogP contribution in [0.2, 0.25) is 0 Å². The Balaban J connectivity index is 2.07. The molecule has 19 heavy (non-hydrogen) atoms. The van der Waals surface area contributed by atoms with Gasteiger partial charge in [-0.1, -0.05) is 25.1 Å². The third kappa shape index (κ3) is 3.71. The zero-order chi connectivity index (χ0) is 13.7. The van der Waals surface area contributed by atoms with E-state index in [1.165, 1.54) is 6.42 Å². The molecule has 1 saturated heterocycles. The van der Waals surface area contributed by atoms with Crippen LogP contribution in [0.5, 0.6) is 0 Å². The van der Waals surface area contributed by atoms with E-state index in [2.05, 4.69) is 18.0 Å². The van der Waals surface area contributed by atoms with Gasteiger partial charge in [0.1, 0.15) is 0 Å². The molecule has 106 valence electrons. The Morgan fingerprint density at radius 3 is 2.89 bits per heavy atom. The van der Waals surface area contributed by atoms with Crippen LogP contribution in [-0.4, -0.2) is 31.9 Å². The van der Waals surface area contributed by atoms with Gasteiger partial charge in [-0.3, -0.25) is 0 Å². The van der Waals surface area contributed by atoms with Crippen molar-refractivity contribution in [3.63, 3.8) is 0 Å². The molecule has 1 N–H and O–H groups in total. The molecule has 0 amide bonds. The number of hydrogen-bond donors (Lipinski definition) is 1. The second kappa shape index (κ2) is 6.92. The van der Waals surface area contributed by atoms with E-state index in [-0.39, 0.29) is 6.10 Å². The second-order valence-corrected chi connectivity index (χ2v) is 5.45. The lowest BCUT2D eigenvalue weighted by atomic mass is 10.00. The molecule has 0 radical (unpaired) electrons. The molecule has 0 aliphatic carbocycles. The van der Waals surface area contributed by atoms with Crippen LogP contribution in [0.1, 0.15) is 37.9 Å². The van der Waals surface area contributed by atoms with E-state index < -0.39 is 0 Å². The molecule has 1 aliphatic rings. The highest BCUT2D eigenvalue weighted by Gasteiger charge is 2.18. The molecule has 2 rings (SSSR count). The minimum absolute atomic E-state index is 0.374. The van der Waals surface area contributed by atoms with Gasteiger partial charge in [0.25, 0.3) is 0 Å². The molecule has 1 aromatic carbocycles. The van der Waals surface area contributed by atoms with E-state index in [0.29, 0.717) is 5.92 Å². The Kier molecular flexibility index (Phi) is 5.23. The lowest BCUT2D eigenvalue weighted by molar-refractivity contribution is 0.0576. The zero-order valence-electron chi connectivity index (χ0n) is 12.0. The van der Waals surface area contributed by atoms with Gasteiger partial charge in [0, 0.05) is 31.5 Å². The van der Waals surface area contributed by atoms with Crippen LogP contribution in [0, 0.1) is 5.92 Å². The first-order valence-electron chi connectivity index (χ1n) is 7.28. The van der Waals surface area contributed by atoms with E-state index in [0.717, 1.165) is 43.9 Å². The van der Waals surface area contributed by atoms with Gasteiger partial charge in [-0.2, -0.15) is 0 Å². The maximum atomic E-state index is 10.1. The van der Waals surface area contributed by atoms with Gasteiger partial charge in [-0.15, -0.1) is 0 Å². The van der Waals surface area contributed by atoms with Crippen molar-refractivity contribution in [2.24, 2.45) is 5.92 Å². The normalized spacial score (nSPS) is 21.1. The lowest BCUT2D eigenvalue weighted by Crippen LogP contribution is -2.31. The Morgan fingerprint density at radius 1 is 1.42 bits per heavy atom. The summed E-state index contributed by atoms with van der Waals surface area (Å²) in [5, 5.41) is 10.1. The minimum Gasteiger partial charge on any atom is -0.388 e. The fraction of sp³-hybridized carbons (Fsp3) is 0.625. The molecule has 1 aliphatic heterocycles. The van der Waals surface area contributed by atoms with Crippen molar-refractivity contribution < 1.29 is 9.84 Å². The fourth-order valence-corrected chi connectivity index (χ4v) is 2.77. The number of aliphatic hydroxyl groups excluding tert-OH is 1. The Hall–Kier alpha value is -1.06. The number of aliphatic hydroxyl groups is 1. The van der Waals surface area contributed by atoms with E-state index in [1.807, 2.05) is 25.1 Å². The zero-order valence-corrected chi connectivity index (χ0v) is 12.0. The summed E-state index contributed by atoms with van der Waals surface area (Å²) in [4.78, 5) is 2.26.